The molecule has 6 heteroatoms. The second kappa shape index (κ2) is 9.23. The summed E-state index contributed by atoms with van der Waals surface area (Å²) in [4.78, 5) is 24.2. The minimum atomic E-state index is -0.465. The maximum atomic E-state index is 12.3. The van der Waals surface area contributed by atoms with E-state index in [-0.39, 0.29) is 6.61 Å². The van der Waals surface area contributed by atoms with E-state index >= 15 is 0 Å². The van der Waals surface area contributed by atoms with Gasteiger partial charge in [-0.3, -0.25) is 20.4 Å². The maximum absolute atomic E-state index is 12.3. The molecule has 3 aromatic rings. The average molecular weight is 376 g/mol. The van der Waals surface area contributed by atoms with Gasteiger partial charge in [-0.25, -0.2) is 0 Å². The molecule has 0 unspecified atom stereocenters. The molecule has 0 saturated carbocycles. The van der Waals surface area contributed by atoms with Crippen molar-refractivity contribution >= 4 is 11.8 Å². The lowest BCUT2D eigenvalue weighted by molar-refractivity contribution is -0.123. The summed E-state index contributed by atoms with van der Waals surface area (Å²) < 4.78 is 11.1. The number of aryl methyl sites for hydroxylation is 1. The van der Waals surface area contributed by atoms with E-state index in [2.05, 4.69) is 10.9 Å². The highest BCUT2D eigenvalue weighted by Gasteiger charge is 2.10. The largest absolute Gasteiger partial charge is 0.483 e. The lowest BCUT2D eigenvalue weighted by Crippen LogP contribution is -2.43. The van der Waals surface area contributed by atoms with Crippen LogP contribution in [0.5, 0.6) is 17.2 Å². The predicted molar refractivity (Wildman–Crippen MR) is 105 cm³/mol. The van der Waals surface area contributed by atoms with E-state index in [0.29, 0.717) is 22.8 Å². The molecule has 0 heterocycles. The van der Waals surface area contributed by atoms with E-state index in [1.54, 1.807) is 30.3 Å². The molecule has 0 bridgehead atoms. The Hall–Kier alpha value is -3.80. The first-order chi connectivity index (χ1) is 13.6. The van der Waals surface area contributed by atoms with Gasteiger partial charge >= 0.3 is 0 Å². The van der Waals surface area contributed by atoms with Crippen LogP contribution in [0.2, 0.25) is 0 Å². The van der Waals surface area contributed by atoms with E-state index in [1.165, 1.54) is 0 Å². The molecule has 0 aliphatic heterocycles. The van der Waals surface area contributed by atoms with Gasteiger partial charge in [0.1, 0.15) is 17.2 Å². The first-order valence-electron chi connectivity index (χ1n) is 8.72. The van der Waals surface area contributed by atoms with Gasteiger partial charge in [0.05, 0.1) is 0 Å². The van der Waals surface area contributed by atoms with Crippen molar-refractivity contribution in [3.05, 3.63) is 90.0 Å². The quantitative estimate of drug-likeness (QED) is 0.644. The molecule has 0 saturated heterocycles. The molecule has 0 atom stereocenters. The summed E-state index contributed by atoms with van der Waals surface area (Å²) in [7, 11) is 0. The molecule has 142 valence electrons. The molecule has 0 fully saturated rings. The number of carbonyl (C=O) groups excluding carboxylic acids is 2. The average Bonchev–Trinajstić information content (AvgIpc) is 2.72. The molecule has 0 radical (unpaired) electrons. The summed E-state index contributed by atoms with van der Waals surface area (Å²) in [6, 6.07) is 23.3. The Bertz CT molecular complexity index is 958. The SMILES string of the molecule is Cc1ccccc1OCC(=O)NNC(=O)c1cccc(Oc2ccccc2)c1. The van der Waals surface area contributed by atoms with E-state index in [1.807, 2.05) is 55.5 Å². The lowest BCUT2D eigenvalue weighted by Gasteiger charge is -2.11. The molecular weight excluding hydrogens is 356 g/mol. The monoisotopic (exact) mass is 376 g/mol. The van der Waals surface area contributed by atoms with Crippen molar-refractivity contribution in [2.45, 2.75) is 6.92 Å². The molecule has 0 aliphatic rings. The summed E-state index contributed by atoms with van der Waals surface area (Å²) in [6.45, 7) is 1.68. The molecule has 2 N–H and O–H groups in total. The van der Waals surface area contributed by atoms with E-state index in [9.17, 15) is 9.59 Å². The van der Waals surface area contributed by atoms with Crippen molar-refractivity contribution in [3.8, 4) is 17.2 Å². The number of hydrogen-bond acceptors (Lipinski definition) is 4. The van der Waals surface area contributed by atoms with Crippen LogP contribution < -0.4 is 20.3 Å². The van der Waals surface area contributed by atoms with Gasteiger partial charge < -0.3 is 9.47 Å². The Labute approximate surface area is 163 Å². The number of rotatable bonds is 6. The highest BCUT2D eigenvalue weighted by atomic mass is 16.5. The molecule has 0 aliphatic carbocycles. The smallest absolute Gasteiger partial charge is 0.276 e. The molecular formula is C22H20N2O4. The number of nitrogens with one attached hydrogen (secondary N) is 2. The van der Waals surface area contributed by atoms with E-state index in [4.69, 9.17) is 9.47 Å². The molecule has 0 spiro atoms. The van der Waals surface area contributed by atoms with Crippen molar-refractivity contribution in [1.29, 1.82) is 0 Å². The molecule has 0 aromatic heterocycles. The zero-order valence-electron chi connectivity index (χ0n) is 15.3. The van der Waals surface area contributed by atoms with Gasteiger partial charge in [0.2, 0.25) is 0 Å². The molecule has 6 nitrogen and oxygen atoms in total. The van der Waals surface area contributed by atoms with Crippen LogP contribution in [0.1, 0.15) is 15.9 Å². The van der Waals surface area contributed by atoms with Gasteiger partial charge in [-0.1, -0.05) is 42.5 Å². The minimum Gasteiger partial charge on any atom is -0.483 e. The topological polar surface area (TPSA) is 76.7 Å². The maximum Gasteiger partial charge on any atom is 0.276 e. The van der Waals surface area contributed by atoms with E-state index in [0.717, 1.165) is 5.56 Å². The van der Waals surface area contributed by atoms with Crippen molar-refractivity contribution in [3.63, 3.8) is 0 Å². The van der Waals surface area contributed by atoms with Crippen LogP contribution in [0.25, 0.3) is 0 Å². The van der Waals surface area contributed by atoms with Gasteiger partial charge in [0, 0.05) is 5.56 Å². The highest BCUT2D eigenvalue weighted by Crippen LogP contribution is 2.21. The fourth-order valence-corrected chi connectivity index (χ4v) is 2.42. The number of para-hydroxylation sites is 2. The van der Waals surface area contributed by atoms with Gasteiger partial charge in [-0.15, -0.1) is 0 Å². The van der Waals surface area contributed by atoms with Crippen LogP contribution in [0.3, 0.4) is 0 Å². The van der Waals surface area contributed by atoms with Gasteiger partial charge in [-0.2, -0.15) is 0 Å². The van der Waals surface area contributed by atoms with Crippen molar-refractivity contribution in [2.24, 2.45) is 0 Å². The number of amides is 2. The van der Waals surface area contributed by atoms with Crippen molar-refractivity contribution < 1.29 is 19.1 Å². The van der Waals surface area contributed by atoms with Gasteiger partial charge in [-0.05, 0) is 48.9 Å². The summed E-state index contributed by atoms with van der Waals surface area (Å²) in [5.41, 5.74) is 5.98. The molecule has 28 heavy (non-hydrogen) atoms. The van der Waals surface area contributed by atoms with Crippen LogP contribution in [-0.2, 0) is 4.79 Å². The number of ether oxygens (including phenoxy) is 2. The fourth-order valence-electron chi connectivity index (χ4n) is 2.42. The first-order valence-corrected chi connectivity index (χ1v) is 8.72. The summed E-state index contributed by atoms with van der Waals surface area (Å²) in [5.74, 6) is 0.889. The van der Waals surface area contributed by atoms with Crippen molar-refractivity contribution in [2.75, 3.05) is 6.61 Å². The second-order valence-electron chi connectivity index (χ2n) is 6.00. The van der Waals surface area contributed by atoms with Crippen LogP contribution in [0, 0.1) is 6.92 Å². The number of hydrazine groups is 1. The van der Waals surface area contributed by atoms with Crippen LogP contribution in [0.4, 0.5) is 0 Å². The third-order valence-electron chi connectivity index (χ3n) is 3.84. The predicted octanol–water partition coefficient (Wildman–Crippen LogP) is 3.63. The zero-order chi connectivity index (χ0) is 19.8. The molecule has 3 aromatic carbocycles. The first kappa shape index (κ1) is 19.0. The Morgan fingerprint density at radius 3 is 2.32 bits per heavy atom. The Morgan fingerprint density at radius 1 is 0.821 bits per heavy atom. The summed E-state index contributed by atoms with van der Waals surface area (Å²) >= 11 is 0. The zero-order valence-corrected chi connectivity index (χ0v) is 15.3. The summed E-state index contributed by atoms with van der Waals surface area (Å²) in [5, 5.41) is 0. The molecule has 3 rings (SSSR count). The van der Waals surface area contributed by atoms with Crippen LogP contribution in [-0.4, -0.2) is 18.4 Å². The fraction of sp³-hybridized carbons (Fsp3) is 0.0909. The van der Waals surface area contributed by atoms with E-state index < -0.39 is 11.8 Å². The Balaban J connectivity index is 1.51. The number of benzene rings is 3. The Morgan fingerprint density at radius 2 is 1.54 bits per heavy atom. The van der Waals surface area contributed by atoms with Crippen molar-refractivity contribution in [1.82, 2.24) is 10.9 Å². The van der Waals surface area contributed by atoms with Gasteiger partial charge in [0.25, 0.3) is 11.8 Å². The second-order valence-corrected chi connectivity index (χ2v) is 6.00. The third kappa shape index (κ3) is 5.35. The Kier molecular flexibility index (Phi) is 6.25. The number of hydrogen-bond donors (Lipinski definition) is 2. The van der Waals surface area contributed by atoms with Crippen LogP contribution >= 0.6 is 0 Å². The minimum absolute atomic E-state index is 0.206. The third-order valence-corrected chi connectivity index (χ3v) is 3.84. The van der Waals surface area contributed by atoms with Gasteiger partial charge in [0.15, 0.2) is 6.61 Å². The molecule has 2 amide bonds. The standard InChI is InChI=1S/C22H20N2O4/c1-16-8-5-6-13-20(16)27-15-21(25)23-24-22(26)17-9-7-12-19(14-17)28-18-10-3-2-4-11-18/h2-14H,15H2,1H3,(H,23,25)(H,24,26). The summed E-state index contributed by atoms with van der Waals surface area (Å²) in [6.07, 6.45) is 0. The highest BCUT2D eigenvalue weighted by molar-refractivity contribution is 5.95. The normalized spacial score (nSPS) is 10.0. The number of carbonyl (C=O) groups is 2. The lowest BCUT2D eigenvalue weighted by atomic mass is 10.2. The van der Waals surface area contributed by atoms with Crippen LogP contribution in [0.15, 0.2) is 78.9 Å².